The minimum absolute atomic E-state index is 0. The van der Waals surface area contributed by atoms with Gasteiger partial charge in [0.1, 0.15) is 4.32 Å². The van der Waals surface area contributed by atoms with E-state index in [1.807, 2.05) is 0 Å². The Kier molecular flexibility index (Phi) is 13.0. The Morgan fingerprint density at radius 2 is 1.65 bits per heavy atom. The fourth-order valence-corrected chi connectivity index (χ4v) is 3.12. The van der Waals surface area contributed by atoms with Crippen LogP contribution in [0.15, 0.2) is 29.2 Å². The van der Waals surface area contributed by atoms with E-state index in [1.165, 1.54) is 67.2 Å². The normalized spacial score (nSPS) is 10.1. The summed E-state index contributed by atoms with van der Waals surface area (Å²) < 4.78 is 0.506. The van der Waals surface area contributed by atoms with Crippen molar-refractivity contribution in [2.24, 2.45) is 5.73 Å². The van der Waals surface area contributed by atoms with Gasteiger partial charge in [-0.25, -0.2) is 0 Å². The van der Waals surface area contributed by atoms with Crippen LogP contribution < -0.4 is 5.73 Å². The Hall–Kier alpha value is 0.148. The molecule has 1 rings (SSSR count). The third-order valence-corrected chi connectivity index (χ3v) is 4.30. The third-order valence-electron chi connectivity index (χ3n) is 3.23. The van der Waals surface area contributed by atoms with Gasteiger partial charge in [0.15, 0.2) is 0 Å². The first-order chi connectivity index (χ1) is 9.24. The van der Waals surface area contributed by atoms with Crippen LogP contribution >= 0.6 is 24.0 Å². The van der Waals surface area contributed by atoms with Crippen LogP contribution in [0, 0.1) is 0 Å². The van der Waals surface area contributed by atoms with E-state index in [2.05, 4.69) is 31.2 Å². The maximum Gasteiger partial charge on any atom is 0.136 e. The van der Waals surface area contributed by atoms with Gasteiger partial charge in [-0.2, -0.15) is 0 Å². The van der Waals surface area contributed by atoms with Gasteiger partial charge in [0.05, 0.1) is 0 Å². The second kappa shape index (κ2) is 12.9. The molecule has 0 amide bonds. The molecule has 0 heterocycles. The van der Waals surface area contributed by atoms with Gasteiger partial charge < -0.3 is 5.73 Å². The molecule has 0 aliphatic rings. The van der Waals surface area contributed by atoms with Gasteiger partial charge in [-0.3, -0.25) is 0 Å². The molecule has 0 aliphatic heterocycles. The van der Waals surface area contributed by atoms with Crippen molar-refractivity contribution in [3.05, 3.63) is 29.8 Å². The van der Waals surface area contributed by atoms with Crippen LogP contribution in [0.2, 0.25) is 0 Å². The molecule has 1 nitrogen and oxygen atoms in total. The number of unbranched alkanes of at least 4 members (excludes halogenated alkanes) is 6. The molecule has 20 heavy (non-hydrogen) atoms. The van der Waals surface area contributed by atoms with E-state index in [0.29, 0.717) is 4.32 Å². The maximum atomic E-state index is 5.61. The molecule has 2 N–H and O–H groups in total. The average Bonchev–Trinajstić information content (AvgIpc) is 2.39. The predicted molar refractivity (Wildman–Crippen MR) is 90.8 cm³/mol. The van der Waals surface area contributed by atoms with E-state index in [4.69, 9.17) is 18.0 Å². The molecule has 0 spiro atoms. The van der Waals surface area contributed by atoms with Gasteiger partial charge in [0, 0.05) is 26.0 Å². The second-order valence-electron chi connectivity index (χ2n) is 4.90. The Balaban J connectivity index is 0.00000361. The number of aryl methyl sites for hydroxylation is 1. The molecular formula is C16H25MoNS2. The van der Waals surface area contributed by atoms with Crippen molar-refractivity contribution >= 4 is 28.3 Å². The van der Waals surface area contributed by atoms with Crippen molar-refractivity contribution < 1.29 is 21.1 Å². The summed E-state index contributed by atoms with van der Waals surface area (Å²) in [5.74, 6) is 0. The Labute approximate surface area is 147 Å². The number of thioether (sulfide) groups is 1. The summed E-state index contributed by atoms with van der Waals surface area (Å²) in [4.78, 5) is 1.22. The van der Waals surface area contributed by atoms with E-state index in [9.17, 15) is 0 Å². The largest absolute Gasteiger partial charge is 0.384 e. The predicted octanol–water partition coefficient (Wildman–Crippen LogP) is 5.31. The first-order valence-electron chi connectivity index (χ1n) is 7.29. The summed E-state index contributed by atoms with van der Waals surface area (Å²) in [6.07, 6.45) is 10.6. The van der Waals surface area contributed by atoms with Crippen LogP contribution in [0.1, 0.15) is 57.4 Å². The van der Waals surface area contributed by atoms with Gasteiger partial charge in [-0.1, -0.05) is 87.6 Å². The zero-order valence-corrected chi connectivity index (χ0v) is 15.9. The van der Waals surface area contributed by atoms with Crippen LogP contribution in [0.3, 0.4) is 0 Å². The third kappa shape index (κ3) is 9.15. The van der Waals surface area contributed by atoms with Crippen molar-refractivity contribution in [2.75, 3.05) is 0 Å². The van der Waals surface area contributed by atoms with Crippen molar-refractivity contribution in [1.82, 2.24) is 0 Å². The van der Waals surface area contributed by atoms with E-state index >= 15 is 0 Å². The zero-order chi connectivity index (χ0) is 13.9. The van der Waals surface area contributed by atoms with Crippen LogP contribution in [0.4, 0.5) is 0 Å². The number of hydrogen-bond acceptors (Lipinski definition) is 2. The number of benzene rings is 1. The molecule has 112 valence electrons. The van der Waals surface area contributed by atoms with Crippen molar-refractivity contribution in [1.29, 1.82) is 0 Å². The van der Waals surface area contributed by atoms with Gasteiger partial charge in [-0.15, -0.1) is 0 Å². The van der Waals surface area contributed by atoms with Gasteiger partial charge in [0.25, 0.3) is 0 Å². The van der Waals surface area contributed by atoms with Gasteiger partial charge in [0.2, 0.25) is 0 Å². The molecule has 0 radical (unpaired) electrons. The topological polar surface area (TPSA) is 26.0 Å². The van der Waals surface area contributed by atoms with E-state index in [1.54, 1.807) is 0 Å². The molecule has 0 aliphatic carbocycles. The summed E-state index contributed by atoms with van der Waals surface area (Å²) in [6.45, 7) is 2.26. The summed E-state index contributed by atoms with van der Waals surface area (Å²) in [7, 11) is 0. The minimum Gasteiger partial charge on any atom is -0.384 e. The molecule has 1 aromatic carbocycles. The fourth-order valence-electron chi connectivity index (χ4n) is 2.19. The summed E-state index contributed by atoms with van der Waals surface area (Å²) in [5, 5.41) is 0. The monoisotopic (exact) mass is 393 g/mol. The minimum atomic E-state index is 0. The molecule has 0 aromatic heterocycles. The smallest absolute Gasteiger partial charge is 0.136 e. The molecule has 1 aromatic rings. The van der Waals surface area contributed by atoms with Gasteiger partial charge in [-0.05, 0) is 24.5 Å². The molecule has 4 heteroatoms. The summed E-state index contributed by atoms with van der Waals surface area (Å²) >= 11 is 6.48. The standard InChI is InChI=1S/C16H25NS2.Mo/c1-2-3-4-5-6-7-8-11-14-12-9-10-13-15(14)19-16(17)18;/h9-10,12-13H,2-8,11H2,1H3,(H2,17,18);. The second-order valence-corrected chi connectivity index (χ2v) is 6.68. The molecule has 0 bridgehead atoms. The van der Waals surface area contributed by atoms with Crippen LogP contribution in [-0.4, -0.2) is 4.32 Å². The summed E-state index contributed by atoms with van der Waals surface area (Å²) in [5.41, 5.74) is 6.99. The van der Waals surface area contributed by atoms with Crippen molar-refractivity contribution in [3.8, 4) is 0 Å². The van der Waals surface area contributed by atoms with Crippen LogP contribution in [0.25, 0.3) is 0 Å². The number of thiocarbonyl (C=S) groups is 1. The summed E-state index contributed by atoms with van der Waals surface area (Å²) in [6, 6.07) is 8.45. The van der Waals surface area contributed by atoms with Crippen molar-refractivity contribution in [2.45, 2.75) is 63.2 Å². The quantitative estimate of drug-likeness (QED) is 0.267. The molecular weight excluding hydrogens is 366 g/mol. The Morgan fingerprint density at radius 1 is 1.05 bits per heavy atom. The maximum absolute atomic E-state index is 5.61. The van der Waals surface area contributed by atoms with Gasteiger partial charge >= 0.3 is 0 Å². The van der Waals surface area contributed by atoms with E-state index in [-0.39, 0.29) is 21.1 Å². The zero-order valence-electron chi connectivity index (χ0n) is 12.3. The fraction of sp³-hybridized carbons (Fsp3) is 0.562. The number of nitrogens with two attached hydrogens (primary N) is 1. The molecule has 0 saturated heterocycles. The van der Waals surface area contributed by atoms with E-state index in [0.717, 1.165) is 6.42 Å². The first kappa shape index (κ1) is 20.1. The number of rotatable bonds is 9. The molecule has 0 unspecified atom stereocenters. The Morgan fingerprint density at radius 3 is 2.30 bits per heavy atom. The van der Waals surface area contributed by atoms with Crippen LogP contribution in [0.5, 0.6) is 0 Å². The first-order valence-corrected chi connectivity index (χ1v) is 8.51. The Bertz CT molecular complexity index is 382. The molecule has 0 atom stereocenters. The van der Waals surface area contributed by atoms with Crippen molar-refractivity contribution in [3.63, 3.8) is 0 Å². The molecule has 0 fully saturated rings. The SMILES string of the molecule is CCCCCCCCCc1ccccc1SC(N)=S.[Mo]. The molecule has 0 saturated carbocycles. The number of hydrogen-bond donors (Lipinski definition) is 1. The van der Waals surface area contributed by atoms with Crippen LogP contribution in [-0.2, 0) is 27.5 Å². The average molecular weight is 391 g/mol. The van der Waals surface area contributed by atoms with E-state index < -0.39 is 0 Å².